The summed E-state index contributed by atoms with van der Waals surface area (Å²) >= 11 is 3.38. The first-order valence-corrected chi connectivity index (χ1v) is 13.2. The van der Waals surface area contributed by atoms with E-state index < -0.39 is 10.0 Å². The van der Waals surface area contributed by atoms with Gasteiger partial charge in [-0.25, -0.2) is 8.42 Å². The molecular formula is C26H29BrN2O4S. The van der Waals surface area contributed by atoms with Crippen molar-refractivity contribution in [1.82, 2.24) is 5.32 Å². The maximum atomic E-state index is 13.7. The smallest absolute Gasteiger partial charge is 0.264 e. The molecule has 0 aromatic heterocycles. The van der Waals surface area contributed by atoms with Crippen molar-refractivity contribution in [3.63, 3.8) is 0 Å². The third kappa shape index (κ3) is 5.98. The van der Waals surface area contributed by atoms with Gasteiger partial charge in [0.15, 0.2) is 0 Å². The zero-order valence-electron chi connectivity index (χ0n) is 19.7. The lowest BCUT2D eigenvalue weighted by Crippen LogP contribution is -2.32. The first-order chi connectivity index (χ1) is 16.1. The van der Waals surface area contributed by atoms with Gasteiger partial charge in [-0.05, 0) is 84.2 Å². The van der Waals surface area contributed by atoms with Crippen molar-refractivity contribution in [2.75, 3.05) is 11.4 Å². The zero-order valence-corrected chi connectivity index (χ0v) is 22.1. The van der Waals surface area contributed by atoms with Gasteiger partial charge in [0.1, 0.15) is 5.75 Å². The standard InChI is InChI=1S/C26H29BrN2O4S/c1-5-19(3)28-26(30)21-10-8-20(9-11-21)17-29(22-12-6-18(2)7-13-22)34(31,32)23-14-15-25(33-4)24(27)16-23/h6-16,19H,5,17H2,1-4H3,(H,28,30). The molecule has 8 heteroatoms. The molecule has 180 valence electrons. The van der Waals surface area contributed by atoms with E-state index in [1.807, 2.05) is 32.9 Å². The van der Waals surface area contributed by atoms with Gasteiger partial charge in [0.2, 0.25) is 0 Å². The number of carbonyl (C=O) groups is 1. The lowest BCUT2D eigenvalue weighted by molar-refractivity contribution is 0.0939. The Balaban J connectivity index is 1.95. The largest absolute Gasteiger partial charge is 0.496 e. The maximum absolute atomic E-state index is 13.7. The minimum Gasteiger partial charge on any atom is -0.496 e. The van der Waals surface area contributed by atoms with Crippen LogP contribution < -0.4 is 14.4 Å². The molecule has 1 amide bonds. The van der Waals surface area contributed by atoms with Crippen molar-refractivity contribution in [2.24, 2.45) is 0 Å². The molecule has 0 aliphatic heterocycles. The second kappa shape index (κ2) is 11.1. The zero-order chi connectivity index (χ0) is 24.9. The van der Waals surface area contributed by atoms with Gasteiger partial charge in [-0.2, -0.15) is 0 Å². The average Bonchev–Trinajstić information content (AvgIpc) is 2.83. The van der Waals surface area contributed by atoms with Gasteiger partial charge in [0, 0.05) is 11.6 Å². The Bertz CT molecular complexity index is 1240. The summed E-state index contributed by atoms with van der Waals surface area (Å²) in [6.07, 6.45) is 0.842. The first kappa shape index (κ1) is 25.8. The summed E-state index contributed by atoms with van der Waals surface area (Å²) in [5, 5.41) is 2.94. The Kier molecular flexibility index (Phi) is 8.38. The summed E-state index contributed by atoms with van der Waals surface area (Å²) in [6.45, 7) is 6.03. The van der Waals surface area contributed by atoms with Gasteiger partial charge in [0.25, 0.3) is 15.9 Å². The molecule has 0 aliphatic rings. The van der Waals surface area contributed by atoms with Gasteiger partial charge in [0.05, 0.1) is 28.7 Å². The molecule has 3 aromatic carbocycles. The van der Waals surface area contributed by atoms with Gasteiger partial charge in [-0.3, -0.25) is 9.10 Å². The number of ether oxygens (including phenoxy) is 1. The number of benzene rings is 3. The van der Waals surface area contributed by atoms with E-state index in [1.54, 1.807) is 42.5 Å². The number of hydrogen-bond donors (Lipinski definition) is 1. The number of anilines is 1. The number of rotatable bonds is 9. The Morgan fingerprint density at radius 1 is 1.06 bits per heavy atom. The number of hydrogen-bond acceptors (Lipinski definition) is 4. The molecule has 1 N–H and O–H groups in total. The molecule has 0 radical (unpaired) electrons. The van der Waals surface area contributed by atoms with Crippen molar-refractivity contribution in [3.05, 3.63) is 87.9 Å². The topological polar surface area (TPSA) is 75.7 Å². The van der Waals surface area contributed by atoms with Gasteiger partial charge in [-0.15, -0.1) is 0 Å². The summed E-state index contributed by atoms with van der Waals surface area (Å²) in [5.41, 5.74) is 2.88. The minimum atomic E-state index is -3.89. The van der Waals surface area contributed by atoms with Crippen LogP contribution in [-0.4, -0.2) is 27.5 Å². The lowest BCUT2D eigenvalue weighted by atomic mass is 10.1. The third-order valence-electron chi connectivity index (χ3n) is 5.57. The molecule has 6 nitrogen and oxygen atoms in total. The Morgan fingerprint density at radius 3 is 2.26 bits per heavy atom. The number of methoxy groups -OCH3 is 1. The minimum absolute atomic E-state index is 0.0816. The third-order valence-corrected chi connectivity index (χ3v) is 7.95. The van der Waals surface area contributed by atoms with Gasteiger partial charge in [-0.1, -0.05) is 36.8 Å². The van der Waals surface area contributed by atoms with Crippen molar-refractivity contribution in [3.8, 4) is 5.75 Å². The number of sulfonamides is 1. The molecule has 0 aliphatic carbocycles. The summed E-state index contributed by atoms with van der Waals surface area (Å²) in [6, 6.07) is 19.1. The number of aryl methyl sites for hydroxylation is 1. The predicted octanol–water partition coefficient (Wildman–Crippen LogP) is 5.69. The fourth-order valence-corrected chi connectivity index (χ4v) is 5.47. The van der Waals surface area contributed by atoms with Crippen LogP contribution in [0.4, 0.5) is 5.69 Å². The van der Waals surface area contributed by atoms with Crippen LogP contribution in [0.5, 0.6) is 5.75 Å². The van der Waals surface area contributed by atoms with Crippen molar-refractivity contribution >= 4 is 37.5 Å². The number of nitrogens with one attached hydrogen (secondary N) is 1. The highest BCUT2D eigenvalue weighted by molar-refractivity contribution is 9.10. The van der Waals surface area contributed by atoms with E-state index in [-0.39, 0.29) is 23.4 Å². The quantitative estimate of drug-likeness (QED) is 0.375. The molecule has 3 rings (SSSR count). The van der Waals surface area contributed by atoms with E-state index in [0.717, 1.165) is 17.5 Å². The molecule has 34 heavy (non-hydrogen) atoms. The number of amides is 1. The van der Waals surface area contributed by atoms with Gasteiger partial charge >= 0.3 is 0 Å². The first-order valence-electron chi connectivity index (χ1n) is 11.0. The van der Waals surface area contributed by atoms with Crippen molar-refractivity contribution in [1.29, 1.82) is 0 Å². The highest BCUT2D eigenvalue weighted by atomic mass is 79.9. The number of nitrogens with zero attached hydrogens (tertiary/aromatic N) is 1. The van der Waals surface area contributed by atoms with E-state index in [9.17, 15) is 13.2 Å². The Hall–Kier alpha value is -2.84. The average molecular weight is 545 g/mol. The molecule has 0 spiro atoms. The van der Waals surface area contributed by atoms with Gasteiger partial charge < -0.3 is 10.1 Å². The molecule has 0 saturated carbocycles. The monoisotopic (exact) mass is 544 g/mol. The van der Waals surface area contributed by atoms with Crippen LogP contribution in [0.25, 0.3) is 0 Å². The summed E-state index contributed by atoms with van der Waals surface area (Å²) < 4.78 is 34.6. The predicted molar refractivity (Wildman–Crippen MR) is 139 cm³/mol. The molecular weight excluding hydrogens is 516 g/mol. The van der Waals surface area contributed by atoms with E-state index in [2.05, 4.69) is 21.2 Å². The highest BCUT2D eigenvalue weighted by Gasteiger charge is 2.26. The van der Waals surface area contributed by atoms with Crippen LogP contribution in [0.2, 0.25) is 0 Å². The summed E-state index contributed by atoms with van der Waals surface area (Å²) in [4.78, 5) is 12.5. The van der Waals surface area contributed by atoms with E-state index >= 15 is 0 Å². The van der Waals surface area contributed by atoms with E-state index in [0.29, 0.717) is 21.5 Å². The van der Waals surface area contributed by atoms with E-state index in [4.69, 9.17) is 4.74 Å². The molecule has 0 fully saturated rings. The molecule has 3 aromatic rings. The molecule has 0 heterocycles. The second-order valence-electron chi connectivity index (χ2n) is 8.12. The van der Waals surface area contributed by atoms with Crippen LogP contribution in [-0.2, 0) is 16.6 Å². The summed E-state index contributed by atoms with van der Waals surface area (Å²) in [5.74, 6) is 0.402. The maximum Gasteiger partial charge on any atom is 0.264 e. The fourth-order valence-electron chi connectivity index (χ4n) is 3.30. The molecule has 1 unspecified atom stereocenters. The lowest BCUT2D eigenvalue weighted by Gasteiger charge is -2.25. The Morgan fingerprint density at radius 2 is 1.71 bits per heavy atom. The van der Waals surface area contributed by atoms with Crippen LogP contribution in [0.1, 0.15) is 41.8 Å². The number of carbonyl (C=O) groups excluding carboxylic acids is 1. The molecule has 0 bridgehead atoms. The number of halogens is 1. The van der Waals surface area contributed by atoms with Crippen LogP contribution in [0, 0.1) is 6.92 Å². The Labute approximate surface area is 210 Å². The molecule has 0 saturated heterocycles. The van der Waals surface area contributed by atoms with Crippen molar-refractivity contribution in [2.45, 2.75) is 44.7 Å². The highest BCUT2D eigenvalue weighted by Crippen LogP contribution is 2.31. The molecule has 1 atom stereocenters. The SMILES string of the molecule is CCC(C)NC(=O)c1ccc(CN(c2ccc(C)cc2)S(=O)(=O)c2ccc(OC)c(Br)c2)cc1. The van der Waals surface area contributed by atoms with Crippen LogP contribution >= 0.6 is 15.9 Å². The fraction of sp³-hybridized carbons (Fsp3) is 0.269. The van der Waals surface area contributed by atoms with Crippen molar-refractivity contribution < 1.29 is 17.9 Å². The second-order valence-corrected chi connectivity index (χ2v) is 10.8. The van der Waals surface area contributed by atoms with Crippen LogP contribution in [0.3, 0.4) is 0 Å². The summed E-state index contributed by atoms with van der Waals surface area (Å²) in [7, 11) is -2.36. The van der Waals surface area contributed by atoms with E-state index in [1.165, 1.54) is 23.5 Å². The van der Waals surface area contributed by atoms with Crippen LogP contribution in [0.15, 0.2) is 76.1 Å². The normalized spacial score (nSPS) is 12.1.